The lowest BCUT2D eigenvalue weighted by Gasteiger charge is -2.10. The number of thioether (sulfide) groups is 1. The maximum Gasteiger partial charge on any atom is 0.234 e. The summed E-state index contributed by atoms with van der Waals surface area (Å²) in [4.78, 5) is 12.3. The first-order chi connectivity index (χ1) is 14.0. The number of rotatable bonds is 8. The average Bonchev–Trinajstić information content (AvgIpc) is 3.09. The van der Waals surface area contributed by atoms with Gasteiger partial charge in [0.1, 0.15) is 12.4 Å². The van der Waals surface area contributed by atoms with E-state index in [1.807, 2.05) is 55.7 Å². The van der Waals surface area contributed by atoms with E-state index >= 15 is 0 Å². The van der Waals surface area contributed by atoms with E-state index in [0.29, 0.717) is 23.3 Å². The van der Waals surface area contributed by atoms with Crippen molar-refractivity contribution >= 4 is 35.0 Å². The smallest absolute Gasteiger partial charge is 0.234 e. The standard InChI is InChI=1S/C21H23ClN4O2S/c1-4-26-19(12-28-17-7-5-6-14(2)10-17)24-25-21(26)29-13-20(27)23-18-9-8-16(22)11-15(18)3/h5-11H,4,12-13H2,1-3H3,(H,23,27). The number of hydrogen-bond donors (Lipinski definition) is 1. The molecule has 0 spiro atoms. The summed E-state index contributed by atoms with van der Waals surface area (Å²) in [5.41, 5.74) is 2.81. The minimum absolute atomic E-state index is 0.108. The Hall–Kier alpha value is -2.51. The zero-order chi connectivity index (χ0) is 20.8. The molecule has 3 rings (SSSR count). The Balaban J connectivity index is 1.58. The Bertz CT molecular complexity index is 1010. The number of benzene rings is 2. The van der Waals surface area contributed by atoms with Gasteiger partial charge in [0.2, 0.25) is 5.91 Å². The molecule has 0 bridgehead atoms. The van der Waals surface area contributed by atoms with Gasteiger partial charge in [0.05, 0.1) is 5.75 Å². The molecular weight excluding hydrogens is 408 g/mol. The van der Waals surface area contributed by atoms with E-state index in [1.54, 1.807) is 12.1 Å². The molecule has 0 saturated heterocycles. The van der Waals surface area contributed by atoms with Crippen molar-refractivity contribution < 1.29 is 9.53 Å². The van der Waals surface area contributed by atoms with Gasteiger partial charge in [0, 0.05) is 17.3 Å². The second-order valence-electron chi connectivity index (χ2n) is 6.54. The van der Waals surface area contributed by atoms with Crippen LogP contribution < -0.4 is 10.1 Å². The summed E-state index contributed by atoms with van der Waals surface area (Å²) in [6.45, 7) is 6.96. The number of anilines is 1. The molecule has 1 aromatic heterocycles. The lowest BCUT2D eigenvalue weighted by atomic mass is 10.2. The van der Waals surface area contributed by atoms with Crippen LogP contribution in [0.15, 0.2) is 47.6 Å². The zero-order valence-electron chi connectivity index (χ0n) is 16.6. The summed E-state index contributed by atoms with van der Waals surface area (Å²) in [6, 6.07) is 13.2. The average molecular weight is 431 g/mol. The maximum atomic E-state index is 12.3. The zero-order valence-corrected chi connectivity index (χ0v) is 18.2. The fourth-order valence-corrected chi connectivity index (χ4v) is 3.83. The van der Waals surface area contributed by atoms with Gasteiger partial charge in [-0.15, -0.1) is 10.2 Å². The van der Waals surface area contributed by atoms with Crippen LogP contribution >= 0.6 is 23.4 Å². The molecule has 0 atom stereocenters. The van der Waals surface area contributed by atoms with Gasteiger partial charge >= 0.3 is 0 Å². The van der Waals surface area contributed by atoms with Crippen LogP contribution in [-0.2, 0) is 17.9 Å². The Kier molecular flexibility index (Phi) is 7.17. The van der Waals surface area contributed by atoms with E-state index in [4.69, 9.17) is 16.3 Å². The summed E-state index contributed by atoms with van der Waals surface area (Å²) in [6.07, 6.45) is 0. The molecule has 8 heteroatoms. The Morgan fingerprint density at radius 1 is 1.21 bits per heavy atom. The highest BCUT2D eigenvalue weighted by Crippen LogP contribution is 2.22. The van der Waals surface area contributed by atoms with Gasteiger partial charge in [-0.1, -0.05) is 35.5 Å². The predicted molar refractivity (Wildman–Crippen MR) is 117 cm³/mol. The lowest BCUT2D eigenvalue weighted by Crippen LogP contribution is -2.15. The number of nitrogens with zero attached hydrogens (tertiary/aromatic N) is 3. The molecule has 1 amide bonds. The molecule has 1 N–H and O–H groups in total. The highest BCUT2D eigenvalue weighted by Gasteiger charge is 2.14. The van der Waals surface area contributed by atoms with Crippen LogP contribution in [0, 0.1) is 13.8 Å². The van der Waals surface area contributed by atoms with Crippen molar-refractivity contribution in [2.45, 2.75) is 39.1 Å². The number of hydrogen-bond acceptors (Lipinski definition) is 5. The van der Waals surface area contributed by atoms with Crippen LogP contribution in [-0.4, -0.2) is 26.4 Å². The van der Waals surface area contributed by atoms with E-state index in [2.05, 4.69) is 15.5 Å². The minimum atomic E-state index is -0.108. The van der Waals surface area contributed by atoms with Crippen LogP contribution in [0.2, 0.25) is 5.02 Å². The largest absolute Gasteiger partial charge is 0.486 e. The monoisotopic (exact) mass is 430 g/mol. The number of carbonyl (C=O) groups is 1. The molecule has 6 nitrogen and oxygen atoms in total. The Morgan fingerprint density at radius 2 is 2.03 bits per heavy atom. The van der Waals surface area contributed by atoms with E-state index < -0.39 is 0 Å². The number of carbonyl (C=O) groups excluding carboxylic acids is 1. The van der Waals surface area contributed by atoms with Crippen molar-refractivity contribution in [3.8, 4) is 5.75 Å². The second-order valence-corrected chi connectivity index (χ2v) is 7.92. The first kappa shape index (κ1) is 21.2. The molecule has 1 heterocycles. The van der Waals surface area contributed by atoms with Gasteiger partial charge in [0.15, 0.2) is 11.0 Å². The fourth-order valence-electron chi connectivity index (χ4n) is 2.79. The van der Waals surface area contributed by atoms with Gasteiger partial charge < -0.3 is 14.6 Å². The summed E-state index contributed by atoms with van der Waals surface area (Å²) < 4.78 is 7.79. The molecular formula is C21H23ClN4O2S. The molecule has 0 aliphatic carbocycles. The van der Waals surface area contributed by atoms with Crippen molar-refractivity contribution in [2.24, 2.45) is 0 Å². The minimum Gasteiger partial charge on any atom is -0.486 e. The van der Waals surface area contributed by atoms with Gasteiger partial charge in [-0.2, -0.15) is 0 Å². The molecule has 0 aliphatic rings. The van der Waals surface area contributed by atoms with Crippen molar-refractivity contribution in [3.05, 3.63) is 64.4 Å². The number of nitrogens with one attached hydrogen (secondary N) is 1. The second kappa shape index (κ2) is 9.80. The van der Waals surface area contributed by atoms with Crippen LogP contribution in [0.4, 0.5) is 5.69 Å². The highest BCUT2D eigenvalue weighted by molar-refractivity contribution is 7.99. The van der Waals surface area contributed by atoms with Crippen molar-refractivity contribution in [3.63, 3.8) is 0 Å². The molecule has 0 unspecified atom stereocenters. The predicted octanol–water partition coefficient (Wildman–Crippen LogP) is 4.88. The van der Waals surface area contributed by atoms with Gasteiger partial charge in [-0.05, 0) is 62.2 Å². The first-order valence-corrected chi connectivity index (χ1v) is 10.6. The fraction of sp³-hybridized carbons (Fsp3) is 0.286. The van der Waals surface area contributed by atoms with Gasteiger partial charge in [0.25, 0.3) is 0 Å². The number of aryl methyl sites for hydroxylation is 2. The summed E-state index contributed by atoms with van der Waals surface area (Å²) in [5.74, 6) is 1.65. The summed E-state index contributed by atoms with van der Waals surface area (Å²) in [7, 11) is 0. The summed E-state index contributed by atoms with van der Waals surface area (Å²) in [5, 5.41) is 12.7. The van der Waals surface area contributed by atoms with Crippen LogP contribution in [0.3, 0.4) is 0 Å². The Morgan fingerprint density at radius 3 is 2.76 bits per heavy atom. The third-order valence-corrected chi connectivity index (χ3v) is 5.46. The normalized spacial score (nSPS) is 10.8. The third-order valence-electron chi connectivity index (χ3n) is 4.26. The van der Waals surface area contributed by atoms with E-state index in [-0.39, 0.29) is 11.7 Å². The number of aromatic nitrogens is 3. The van der Waals surface area contributed by atoms with Crippen molar-refractivity contribution in [1.29, 1.82) is 0 Å². The molecule has 29 heavy (non-hydrogen) atoms. The van der Waals surface area contributed by atoms with Gasteiger partial charge in [-0.3, -0.25) is 4.79 Å². The van der Waals surface area contributed by atoms with E-state index in [9.17, 15) is 4.79 Å². The molecule has 0 saturated carbocycles. The molecule has 152 valence electrons. The van der Waals surface area contributed by atoms with E-state index in [1.165, 1.54) is 11.8 Å². The summed E-state index contributed by atoms with van der Waals surface area (Å²) >= 11 is 7.31. The molecule has 0 aliphatic heterocycles. The Labute approximate surface area is 179 Å². The topological polar surface area (TPSA) is 69.0 Å². The van der Waals surface area contributed by atoms with Crippen molar-refractivity contribution in [2.75, 3.05) is 11.1 Å². The maximum absolute atomic E-state index is 12.3. The van der Waals surface area contributed by atoms with Gasteiger partial charge in [-0.25, -0.2) is 0 Å². The van der Waals surface area contributed by atoms with Crippen molar-refractivity contribution in [1.82, 2.24) is 14.8 Å². The van der Waals surface area contributed by atoms with Crippen LogP contribution in [0.25, 0.3) is 0 Å². The van der Waals surface area contributed by atoms with Crippen LogP contribution in [0.5, 0.6) is 5.75 Å². The molecule has 2 aromatic carbocycles. The quantitative estimate of drug-likeness (QED) is 0.516. The number of amides is 1. The number of ether oxygens (including phenoxy) is 1. The van der Waals surface area contributed by atoms with E-state index in [0.717, 1.165) is 28.4 Å². The first-order valence-electron chi connectivity index (χ1n) is 9.26. The third kappa shape index (κ3) is 5.74. The van der Waals surface area contributed by atoms with Crippen LogP contribution in [0.1, 0.15) is 23.9 Å². The molecule has 3 aromatic rings. The molecule has 0 fully saturated rings. The highest BCUT2D eigenvalue weighted by atomic mass is 35.5. The number of halogens is 1. The molecule has 0 radical (unpaired) electrons. The lowest BCUT2D eigenvalue weighted by molar-refractivity contribution is -0.113. The SMILES string of the molecule is CCn1c(COc2cccc(C)c2)nnc1SCC(=O)Nc1ccc(Cl)cc1C.